The first kappa shape index (κ1) is 15.8. The molecule has 1 N–H and O–H groups in total. The molecule has 0 amide bonds. The molecule has 2 nitrogen and oxygen atoms in total. The zero-order valence-electron chi connectivity index (χ0n) is 12.5. The Kier molecular flexibility index (Phi) is 6.88. The molecule has 0 atom stereocenters. The van der Waals surface area contributed by atoms with Crippen LogP contribution in [0.2, 0.25) is 0 Å². The van der Waals surface area contributed by atoms with Crippen LogP contribution in [0.5, 0.6) is 5.75 Å². The highest BCUT2D eigenvalue weighted by Crippen LogP contribution is 2.26. The molecule has 0 aliphatic heterocycles. The normalized spacial score (nSPS) is 16.9. The van der Waals surface area contributed by atoms with Crippen molar-refractivity contribution < 1.29 is 4.74 Å². The van der Waals surface area contributed by atoms with Crippen molar-refractivity contribution >= 4 is 15.9 Å². The molecule has 0 saturated heterocycles. The molecule has 0 spiro atoms. The molecule has 1 fully saturated rings. The van der Waals surface area contributed by atoms with Gasteiger partial charge < -0.3 is 10.1 Å². The van der Waals surface area contributed by atoms with E-state index in [2.05, 4.69) is 46.4 Å². The summed E-state index contributed by atoms with van der Waals surface area (Å²) >= 11 is 3.62. The van der Waals surface area contributed by atoms with Gasteiger partial charge in [-0.15, -0.1) is 0 Å². The van der Waals surface area contributed by atoms with Gasteiger partial charge in [-0.25, -0.2) is 0 Å². The van der Waals surface area contributed by atoms with E-state index in [1.54, 1.807) is 0 Å². The standard InChI is InChI=1S/C17H26BrNO/c1-2-11-19-13-14-12-16(9-10-17(14)18)20-15-7-5-3-4-6-8-15/h9-10,12,15,19H,2-8,11,13H2,1H3. The maximum atomic E-state index is 6.19. The number of hydrogen-bond acceptors (Lipinski definition) is 2. The highest BCUT2D eigenvalue weighted by atomic mass is 79.9. The van der Waals surface area contributed by atoms with Crippen LogP contribution in [-0.2, 0) is 6.54 Å². The molecular formula is C17H26BrNO. The highest BCUT2D eigenvalue weighted by Gasteiger charge is 2.14. The Balaban J connectivity index is 1.95. The van der Waals surface area contributed by atoms with E-state index >= 15 is 0 Å². The molecule has 1 aromatic rings. The molecule has 0 aromatic heterocycles. The summed E-state index contributed by atoms with van der Waals surface area (Å²) in [4.78, 5) is 0. The van der Waals surface area contributed by atoms with Crippen LogP contribution >= 0.6 is 15.9 Å². The summed E-state index contributed by atoms with van der Waals surface area (Å²) in [5.41, 5.74) is 1.28. The van der Waals surface area contributed by atoms with Crippen molar-refractivity contribution in [1.82, 2.24) is 5.32 Å². The van der Waals surface area contributed by atoms with Crippen molar-refractivity contribution in [3.63, 3.8) is 0 Å². The number of benzene rings is 1. The Bertz CT molecular complexity index is 400. The molecule has 3 heteroatoms. The molecule has 0 heterocycles. The fraction of sp³-hybridized carbons (Fsp3) is 0.647. The molecular weight excluding hydrogens is 314 g/mol. The van der Waals surface area contributed by atoms with E-state index in [-0.39, 0.29) is 0 Å². The van der Waals surface area contributed by atoms with E-state index in [9.17, 15) is 0 Å². The quantitative estimate of drug-likeness (QED) is 0.578. The van der Waals surface area contributed by atoms with Crippen molar-refractivity contribution in [1.29, 1.82) is 0 Å². The van der Waals surface area contributed by atoms with Gasteiger partial charge in [-0.2, -0.15) is 0 Å². The second-order valence-corrected chi connectivity index (χ2v) is 6.52. The summed E-state index contributed by atoms with van der Waals surface area (Å²) in [6.07, 6.45) is 9.35. The number of nitrogens with one attached hydrogen (secondary N) is 1. The van der Waals surface area contributed by atoms with Crippen LogP contribution in [0.1, 0.15) is 57.4 Å². The van der Waals surface area contributed by atoms with E-state index in [0.717, 1.165) is 29.7 Å². The van der Waals surface area contributed by atoms with Gasteiger partial charge in [-0.1, -0.05) is 35.7 Å². The van der Waals surface area contributed by atoms with Crippen LogP contribution in [0, 0.1) is 0 Å². The summed E-state index contributed by atoms with van der Waals surface area (Å²) in [6.45, 7) is 4.14. The molecule has 112 valence electrons. The van der Waals surface area contributed by atoms with Crippen molar-refractivity contribution in [2.75, 3.05) is 6.54 Å². The molecule has 2 rings (SSSR count). The van der Waals surface area contributed by atoms with Gasteiger partial charge in [0.1, 0.15) is 5.75 Å². The van der Waals surface area contributed by atoms with Crippen LogP contribution in [0.25, 0.3) is 0 Å². The van der Waals surface area contributed by atoms with E-state index < -0.39 is 0 Å². The predicted octanol–water partition coefficient (Wildman–Crippen LogP) is 5.05. The Hall–Kier alpha value is -0.540. The summed E-state index contributed by atoms with van der Waals surface area (Å²) in [5, 5.41) is 3.45. The Morgan fingerprint density at radius 3 is 2.65 bits per heavy atom. The number of rotatable bonds is 6. The van der Waals surface area contributed by atoms with Gasteiger partial charge in [-0.05, 0) is 62.4 Å². The Morgan fingerprint density at radius 1 is 1.20 bits per heavy atom. The van der Waals surface area contributed by atoms with E-state index in [0.29, 0.717) is 6.10 Å². The van der Waals surface area contributed by atoms with Gasteiger partial charge in [0.05, 0.1) is 6.10 Å². The molecule has 0 bridgehead atoms. The first-order chi connectivity index (χ1) is 9.79. The van der Waals surface area contributed by atoms with Crippen LogP contribution in [0.3, 0.4) is 0 Å². The molecule has 0 radical (unpaired) electrons. The summed E-state index contributed by atoms with van der Waals surface area (Å²) in [5.74, 6) is 1.02. The summed E-state index contributed by atoms with van der Waals surface area (Å²) in [6, 6.07) is 6.37. The lowest BCUT2D eigenvalue weighted by Gasteiger charge is -2.18. The topological polar surface area (TPSA) is 21.3 Å². The van der Waals surface area contributed by atoms with Crippen molar-refractivity contribution in [2.24, 2.45) is 0 Å². The average Bonchev–Trinajstić information content (AvgIpc) is 2.71. The Labute approximate surface area is 131 Å². The minimum Gasteiger partial charge on any atom is -0.490 e. The lowest BCUT2D eigenvalue weighted by atomic mass is 10.1. The molecule has 1 aromatic carbocycles. The predicted molar refractivity (Wildman–Crippen MR) is 88.3 cm³/mol. The van der Waals surface area contributed by atoms with Gasteiger partial charge in [0, 0.05) is 11.0 Å². The third kappa shape index (κ3) is 5.10. The maximum Gasteiger partial charge on any atom is 0.120 e. The van der Waals surface area contributed by atoms with Crippen LogP contribution < -0.4 is 10.1 Å². The molecule has 1 saturated carbocycles. The number of hydrogen-bond donors (Lipinski definition) is 1. The van der Waals surface area contributed by atoms with Crippen LogP contribution in [0.15, 0.2) is 22.7 Å². The van der Waals surface area contributed by atoms with Gasteiger partial charge >= 0.3 is 0 Å². The third-order valence-electron chi connectivity index (χ3n) is 3.86. The first-order valence-corrected chi connectivity index (χ1v) is 8.74. The second kappa shape index (κ2) is 8.68. The summed E-state index contributed by atoms with van der Waals surface area (Å²) < 4.78 is 7.35. The third-order valence-corrected chi connectivity index (χ3v) is 4.64. The zero-order chi connectivity index (χ0) is 14.2. The molecule has 0 unspecified atom stereocenters. The fourth-order valence-electron chi connectivity index (χ4n) is 2.71. The van der Waals surface area contributed by atoms with Crippen molar-refractivity contribution in [3.8, 4) is 5.75 Å². The van der Waals surface area contributed by atoms with Gasteiger partial charge in [-0.3, -0.25) is 0 Å². The van der Waals surface area contributed by atoms with Crippen LogP contribution in [0.4, 0.5) is 0 Å². The molecule has 1 aliphatic rings. The average molecular weight is 340 g/mol. The van der Waals surface area contributed by atoms with Crippen molar-refractivity contribution in [3.05, 3.63) is 28.2 Å². The first-order valence-electron chi connectivity index (χ1n) is 7.95. The largest absolute Gasteiger partial charge is 0.490 e. The highest BCUT2D eigenvalue weighted by molar-refractivity contribution is 9.10. The fourth-order valence-corrected chi connectivity index (χ4v) is 3.10. The second-order valence-electron chi connectivity index (χ2n) is 5.66. The molecule has 20 heavy (non-hydrogen) atoms. The van der Waals surface area contributed by atoms with Gasteiger partial charge in [0.15, 0.2) is 0 Å². The lowest BCUT2D eigenvalue weighted by Crippen LogP contribution is -2.16. The SMILES string of the molecule is CCCNCc1cc(OC2CCCCCC2)ccc1Br. The van der Waals surface area contributed by atoms with E-state index in [1.165, 1.54) is 44.1 Å². The lowest BCUT2D eigenvalue weighted by molar-refractivity contribution is 0.183. The smallest absolute Gasteiger partial charge is 0.120 e. The number of halogens is 1. The van der Waals surface area contributed by atoms with Gasteiger partial charge in [0.2, 0.25) is 0 Å². The van der Waals surface area contributed by atoms with E-state index in [4.69, 9.17) is 4.74 Å². The minimum atomic E-state index is 0.412. The minimum absolute atomic E-state index is 0.412. The maximum absolute atomic E-state index is 6.19. The van der Waals surface area contributed by atoms with Crippen molar-refractivity contribution in [2.45, 2.75) is 64.5 Å². The van der Waals surface area contributed by atoms with Crippen LogP contribution in [-0.4, -0.2) is 12.6 Å². The Morgan fingerprint density at radius 2 is 1.95 bits per heavy atom. The number of ether oxygens (including phenoxy) is 1. The zero-order valence-corrected chi connectivity index (χ0v) is 14.0. The monoisotopic (exact) mass is 339 g/mol. The molecule has 1 aliphatic carbocycles. The van der Waals surface area contributed by atoms with Gasteiger partial charge in [0.25, 0.3) is 0 Å². The summed E-state index contributed by atoms with van der Waals surface area (Å²) in [7, 11) is 0. The van der Waals surface area contributed by atoms with E-state index in [1.807, 2.05) is 0 Å².